The Bertz CT molecular complexity index is 1420. The predicted octanol–water partition coefficient (Wildman–Crippen LogP) is 5.27. The Labute approximate surface area is 219 Å². The largest absolute Gasteiger partial charge is 0.506 e. The molecule has 2 N–H and O–H groups in total. The van der Waals surface area contributed by atoms with Gasteiger partial charge < -0.3 is 24.0 Å². The SMILES string of the molecule is O=C(O)O[C@H]1CCCN(C[C@H](O)c2ccc(-c3noc(-c4onc(-c5ccccc5)c4C(F)(F)F)n3)cc2)C1. The summed E-state index contributed by atoms with van der Waals surface area (Å²) in [6.07, 6.45) is -6.03. The molecule has 0 amide bonds. The average molecular weight is 544 g/mol. The zero-order chi connectivity index (χ0) is 27.6. The fraction of sp³-hybridized carbons (Fsp3) is 0.308. The van der Waals surface area contributed by atoms with Crippen LogP contribution in [-0.2, 0) is 10.9 Å². The van der Waals surface area contributed by atoms with Crippen molar-refractivity contribution in [2.75, 3.05) is 19.6 Å². The third-order valence-corrected chi connectivity index (χ3v) is 6.36. The molecule has 3 heterocycles. The third-order valence-electron chi connectivity index (χ3n) is 6.36. The lowest BCUT2D eigenvalue weighted by Crippen LogP contribution is -2.42. The van der Waals surface area contributed by atoms with Gasteiger partial charge in [0.25, 0.3) is 5.89 Å². The van der Waals surface area contributed by atoms with Gasteiger partial charge in [0.05, 0.1) is 6.10 Å². The molecule has 0 unspecified atom stereocenters. The summed E-state index contributed by atoms with van der Waals surface area (Å²) >= 11 is 0. The van der Waals surface area contributed by atoms with Gasteiger partial charge >= 0.3 is 12.3 Å². The first-order valence-corrected chi connectivity index (χ1v) is 12.1. The van der Waals surface area contributed by atoms with E-state index < -0.39 is 41.8 Å². The number of halogens is 3. The maximum atomic E-state index is 14.0. The average Bonchev–Trinajstić information content (AvgIpc) is 3.57. The smallest absolute Gasteiger partial charge is 0.450 e. The van der Waals surface area contributed by atoms with E-state index in [0.29, 0.717) is 30.6 Å². The number of benzene rings is 2. The minimum absolute atomic E-state index is 0.0292. The molecule has 1 saturated heterocycles. The van der Waals surface area contributed by atoms with E-state index in [4.69, 9.17) is 18.9 Å². The molecule has 0 saturated carbocycles. The topological polar surface area (TPSA) is 135 Å². The zero-order valence-corrected chi connectivity index (χ0v) is 20.3. The highest BCUT2D eigenvalue weighted by atomic mass is 19.4. The molecule has 0 bridgehead atoms. The predicted molar refractivity (Wildman–Crippen MR) is 129 cm³/mol. The number of rotatable bonds is 7. The summed E-state index contributed by atoms with van der Waals surface area (Å²) in [6.45, 7) is 1.37. The second-order valence-corrected chi connectivity index (χ2v) is 9.07. The van der Waals surface area contributed by atoms with Crippen molar-refractivity contribution in [3.05, 3.63) is 65.7 Å². The number of piperidine rings is 1. The number of carbonyl (C=O) groups is 1. The van der Waals surface area contributed by atoms with Crippen LogP contribution in [0.4, 0.5) is 18.0 Å². The fourth-order valence-electron chi connectivity index (χ4n) is 4.55. The molecule has 1 aliphatic rings. The molecule has 0 spiro atoms. The van der Waals surface area contributed by atoms with Crippen LogP contribution in [0.15, 0.2) is 63.6 Å². The Morgan fingerprint density at radius 1 is 1.08 bits per heavy atom. The van der Waals surface area contributed by atoms with E-state index >= 15 is 0 Å². The lowest BCUT2D eigenvalue weighted by molar-refractivity contribution is -0.137. The van der Waals surface area contributed by atoms with Gasteiger partial charge in [-0.25, -0.2) is 4.79 Å². The molecule has 4 aromatic rings. The number of ether oxygens (including phenoxy) is 1. The Balaban J connectivity index is 1.31. The summed E-state index contributed by atoms with van der Waals surface area (Å²) in [5.41, 5.74) is -0.235. The standard InChI is InChI=1S/C26H23F3N4O6/c27-26(28,29)20-21(16-5-2-1-3-6-16)31-38-22(20)24-30-23(32-39-24)17-10-8-15(9-11-17)19(34)14-33-12-4-7-18(13-33)37-25(35)36/h1-3,5-6,8-11,18-19,34H,4,7,12-14H2,(H,35,36)/t18-,19-/m0/s1. The Morgan fingerprint density at radius 2 is 1.82 bits per heavy atom. The summed E-state index contributed by atoms with van der Waals surface area (Å²) in [5, 5.41) is 26.9. The number of alkyl halides is 3. The summed E-state index contributed by atoms with van der Waals surface area (Å²) in [7, 11) is 0. The highest BCUT2D eigenvalue weighted by Gasteiger charge is 2.43. The van der Waals surface area contributed by atoms with E-state index in [0.717, 1.165) is 6.42 Å². The van der Waals surface area contributed by atoms with Crippen molar-refractivity contribution >= 4 is 6.16 Å². The molecule has 5 rings (SSSR count). The lowest BCUT2D eigenvalue weighted by atomic mass is 10.0. The second-order valence-electron chi connectivity index (χ2n) is 9.07. The number of aliphatic hydroxyl groups is 1. The maximum absolute atomic E-state index is 14.0. The first-order valence-electron chi connectivity index (χ1n) is 12.1. The molecule has 2 atom stereocenters. The van der Waals surface area contributed by atoms with Crippen molar-refractivity contribution < 1.29 is 42.0 Å². The second kappa shape index (κ2) is 10.9. The highest BCUT2D eigenvalue weighted by molar-refractivity contribution is 5.71. The fourth-order valence-corrected chi connectivity index (χ4v) is 4.55. The van der Waals surface area contributed by atoms with Crippen LogP contribution in [0.1, 0.15) is 30.1 Å². The van der Waals surface area contributed by atoms with E-state index in [1.54, 1.807) is 42.5 Å². The van der Waals surface area contributed by atoms with E-state index in [1.165, 1.54) is 12.1 Å². The number of nitrogens with zero attached hydrogens (tertiary/aromatic N) is 4. The molecule has 0 aliphatic carbocycles. The number of carboxylic acid groups (broad SMARTS) is 1. The van der Waals surface area contributed by atoms with Crippen LogP contribution in [0.3, 0.4) is 0 Å². The molecule has 204 valence electrons. The monoisotopic (exact) mass is 544 g/mol. The van der Waals surface area contributed by atoms with Crippen molar-refractivity contribution in [2.45, 2.75) is 31.2 Å². The highest BCUT2D eigenvalue weighted by Crippen LogP contribution is 2.43. The summed E-state index contributed by atoms with van der Waals surface area (Å²) < 4.78 is 56.8. The van der Waals surface area contributed by atoms with Crippen LogP contribution in [-0.4, -0.2) is 62.3 Å². The van der Waals surface area contributed by atoms with Crippen LogP contribution in [0.5, 0.6) is 0 Å². The quantitative estimate of drug-likeness (QED) is 0.296. The minimum Gasteiger partial charge on any atom is -0.450 e. The first-order chi connectivity index (χ1) is 18.7. The summed E-state index contributed by atoms with van der Waals surface area (Å²) in [6, 6.07) is 14.3. The zero-order valence-electron chi connectivity index (χ0n) is 20.3. The molecule has 1 fully saturated rings. The molecular formula is C26H23F3N4O6. The van der Waals surface area contributed by atoms with Crippen LogP contribution >= 0.6 is 0 Å². The van der Waals surface area contributed by atoms with Gasteiger partial charge in [0.15, 0.2) is 0 Å². The molecule has 1 aliphatic heterocycles. The maximum Gasteiger partial charge on any atom is 0.506 e. The van der Waals surface area contributed by atoms with Crippen LogP contribution in [0.2, 0.25) is 0 Å². The molecule has 2 aromatic carbocycles. The van der Waals surface area contributed by atoms with E-state index in [2.05, 4.69) is 15.3 Å². The molecule has 10 nitrogen and oxygen atoms in total. The third kappa shape index (κ3) is 5.94. The summed E-state index contributed by atoms with van der Waals surface area (Å²) in [5.74, 6) is -1.13. The van der Waals surface area contributed by atoms with Gasteiger partial charge in [-0.05, 0) is 24.9 Å². The van der Waals surface area contributed by atoms with Gasteiger partial charge in [-0.3, -0.25) is 4.90 Å². The molecule has 39 heavy (non-hydrogen) atoms. The van der Waals surface area contributed by atoms with Crippen LogP contribution in [0, 0.1) is 0 Å². The van der Waals surface area contributed by atoms with Crippen molar-refractivity contribution in [1.82, 2.24) is 20.2 Å². The number of likely N-dealkylation sites (tertiary alicyclic amines) is 1. The lowest BCUT2D eigenvalue weighted by Gasteiger charge is -2.33. The number of aromatic nitrogens is 3. The number of hydrogen-bond donors (Lipinski definition) is 2. The molecule has 2 aromatic heterocycles. The van der Waals surface area contributed by atoms with E-state index in [9.17, 15) is 23.1 Å². The van der Waals surface area contributed by atoms with E-state index in [1.807, 2.05) is 4.90 Å². The Kier molecular flexibility index (Phi) is 7.35. The minimum atomic E-state index is -4.79. The molecule has 13 heteroatoms. The van der Waals surface area contributed by atoms with Gasteiger partial charge in [-0.15, -0.1) is 0 Å². The van der Waals surface area contributed by atoms with Gasteiger partial charge in [-0.2, -0.15) is 18.2 Å². The Morgan fingerprint density at radius 3 is 2.51 bits per heavy atom. The van der Waals surface area contributed by atoms with Gasteiger partial charge in [0.1, 0.15) is 17.4 Å². The van der Waals surface area contributed by atoms with Crippen LogP contribution < -0.4 is 0 Å². The number of aliphatic hydroxyl groups excluding tert-OH is 1. The summed E-state index contributed by atoms with van der Waals surface area (Å²) in [4.78, 5) is 16.8. The van der Waals surface area contributed by atoms with Crippen LogP contribution in [0.25, 0.3) is 34.3 Å². The normalized spacial score (nSPS) is 17.2. The molecule has 0 radical (unpaired) electrons. The van der Waals surface area contributed by atoms with Gasteiger partial charge in [0.2, 0.25) is 11.6 Å². The Hall–Kier alpha value is -4.23. The molecular weight excluding hydrogens is 521 g/mol. The van der Waals surface area contributed by atoms with Gasteiger partial charge in [-0.1, -0.05) is 64.9 Å². The van der Waals surface area contributed by atoms with Crippen molar-refractivity contribution in [1.29, 1.82) is 0 Å². The van der Waals surface area contributed by atoms with Crippen molar-refractivity contribution in [2.24, 2.45) is 0 Å². The number of hydrogen-bond acceptors (Lipinski definition) is 9. The van der Waals surface area contributed by atoms with Crippen molar-refractivity contribution in [3.8, 4) is 34.3 Å². The van der Waals surface area contributed by atoms with E-state index in [-0.39, 0.29) is 23.6 Å². The first kappa shape index (κ1) is 26.4. The number of β-amino-alcohol motifs (C(OH)–C–C–N with tert-alkyl or cyclic N) is 1. The van der Waals surface area contributed by atoms with Crippen molar-refractivity contribution in [3.63, 3.8) is 0 Å². The van der Waals surface area contributed by atoms with Gasteiger partial charge in [0, 0.05) is 24.2 Å².